The number of carbonyl (C=O) groups is 1. The van der Waals surface area contributed by atoms with Gasteiger partial charge in [-0.15, -0.1) is 0 Å². The van der Waals surface area contributed by atoms with Crippen molar-refractivity contribution >= 4 is 5.91 Å². The Kier molecular flexibility index (Phi) is 47.4. The van der Waals surface area contributed by atoms with Crippen LogP contribution in [0.3, 0.4) is 0 Å². The number of aliphatic hydroxyl groups excluding tert-OH is 5. The fourth-order valence-corrected chi connectivity index (χ4v) is 9.46. The molecule has 0 aliphatic carbocycles. The normalized spacial score (nSPS) is 19.7. The lowest BCUT2D eigenvalue weighted by atomic mass is 9.99. The van der Waals surface area contributed by atoms with Crippen LogP contribution in [0.2, 0.25) is 0 Å². The number of allylic oxidation sites excluding steroid dienone is 5. The lowest BCUT2D eigenvalue weighted by Crippen LogP contribution is -2.60. The quantitative estimate of drug-likeness (QED) is 0.0261. The number of nitrogens with one attached hydrogen (secondary N) is 1. The van der Waals surface area contributed by atoms with E-state index in [-0.39, 0.29) is 12.5 Å². The van der Waals surface area contributed by atoms with Crippen LogP contribution in [0.4, 0.5) is 0 Å². The molecule has 9 heteroatoms. The van der Waals surface area contributed by atoms with E-state index in [1.807, 2.05) is 6.08 Å². The van der Waals surface area contributed by atoms with E-state index in [9.17, 15) is 30.3 Å². The minimum Gasteiger partial charge on any atom is -0.394 e. The first kappa shape index (κ1) is 65.4. The van der Waals surface area contributed by atoms with Gasteiger partial charge in [0.25, 0.3) is 0 Å². The molecule has 7 unspecified atom stereocenters. The van der Waals surface area contributed by atoms with Crippen LogP contribution < -0.4 is 5.32 Å². The molecule has 0 aromatic rings. The maximum absolute atomic E-state index is 13.1. The van der Waals surface area contributed by atoms with Crippen LogP contribution in [0.1, 0.15) is 284 Å². The summed E-state index contributed by atoms with van der Waals surface area (Å²) in [5.41, 5.74) is 0. The van der Waals surface area contributed by atoms with Crippen molar-refractivity contribution in [2.24, 2.45) is 0 Å². The van der Waals surface area contributed by atoms with E-state index in [4.69, 9.17) is 9.47 Å². The topological polar surface area (TPSA) is 149 Å². The van der Waals surface area contributed by atoms with Crippen LogP contribution in [0.25, 0.3) is 0 Å². The maximum atomic E-state index is 13.1. The van der Waals surface area contributed by atoms with Crippen molar-refractivity contribution in [2.45, 2.75) is 326 Å². The van der Waals surface area contributed by atoms with Gasteiger partial charge in [-0.3, -0.25) is 4.79 Å². The smallest absolute Gasteiger partial charge is 0.220 e. The molecule has 0 aromatic heterocycles. The molecule has 6 N–H and O–H groups in total. The molecule has 0 radical (unpaired) electrons. The molecule has 9 nitrogen and oxygen atoms in total. The largest absolute Gasteiger partial charge is 0.394 e. The van der Waals surface area contributed by atoms with Gasteiger partial charge < -0.3 is 40.3 Å². The fourth-order valence-electron chi connectivity index (χ4n) is 9.46. The Balaban J connectivity index is 2.22. The molecule has 1 saturated heterocycles. The van der Waals surface area contributed by atoms with Crippen molar-refractivity contribution in [2.75, 3.05) is 13.2 Å². The average Bonchev–Trinajstić information content (AvgIpc) is 3.35. The number of rotatable bonds is 51. The average molecular weight is 977 g/mol. The van der Waals surface area contributed by atoms with Gasteiger partial charge in [0.05, 0.1) is 25.4 Å². The van der Waals surface area contributed by atoms with Crippen LogP contribution >= 0.6 is 0 Å². The number of amides is 1. The molecule has 1 fully saturated rings. The Morgan fingerprint density at radius 3 is 1.22 bits per heavy atom. The minimum absolute atomic E-state index is 0.185. The number of hydrogen-bond donors (Lipinski definition) is 6. The Labute approximate surface area is 425 Å². The van der Waals surface area contributed by atoms with Gasteiger partial charge in [0, 0.05) is 6.42 Å². The Morgan fingerprint density at radius 1 is 0.478 bits per heavy atom. The minimum atomic E-state index is -1.57. The van der Waals surface area contributed by atoms with Crippen molar-refractivity contribution < 1.29 is 39.8 Å². The van der Waals surface area contributed by atoms with E-state index in [1.165, 1.54) is 225 Å². The van der Waals surface area contributed by atoms with Crippen molar-refractivity contribution in [1.82, 2.24) is 5.32 Å². The molecule has 1 heterocycles. The molecular weight excluding hydrogens is 863 g/mol. The number of carbonyl (C=O) groups excluding carboxylic acids is 1. The van der Waals surface area contributed by atoms with Crippen molar-refractivity contribution in [3.8, 4) is 0 Å². The highest BCUT2D eigenvalue weighted by atomic mass is 16.7. The van der Waals surface area contributed by atoms with E-state index in [0.29, 0.717) is 6.42 Å². The zero-order chi connectivity index (χ0) is 50.1. The van der Waals surface area contributed by atoms with Gasteiger partial charge >= 0.3 is 0 Å². The molecule has 1 aliphatic heterocycles. The first-order valence-corrected chi connectivity index (χ1v) is 29.7. The highest BCUT2D eigenvalue weighted by Crippen LogP contribution is 2.23. The molecule has 0 saturated carbocycles. The van der Waals surface area contributed by atoms with Crippen LogP contribution in [-0.2, 0) is 14.3 Å². The van der Waals surface area contributed by atoms with E-state index < -0.39 is 49.5 Å². The summed E-state index contributed by atoms with van der Waals surface area (Å²) in [6.45, 7) is 3.80. The Morgan fingerprint density at radius 2 is 0.826 bits per heavy atom. The standard InChI is InChI=1S/C60H113NO8/c1-3-5-7-9-11-13-15-17-19-21-23-25-26-27-28-29-30-32-34-36-38-40-42-44-46-48-50-56(64)61-53(52-68-60-59(67)58(66)57(65)55(51-62)69-60)54(63)49-47-45-43-41-39-37-35-33-31-24-22-20-18-16-14-12-10-8-6-4-2/h27-28,39,41,47,49,53-55,57-60,62-63,65-67H,3-26,29-38,40,42-46,48,50-52H2,1-2H3,(H,61,64)/b28-27-,41-39+,49-47+. The second-order valence-corrected chi connectivity index (χ2v) is 20.8. The SMILES string of the molecule is CCCCCCCCCCCCCC/C=C\CCCCCCCCCCCCC(=O)NC(COC1OC(CO)C(O)C(O)C1O)C(O)/C=C/CC/C=C/CCCCCCCCCCCCCCCC. The number of ether oxygens (including phenoxy) is 2. The van der Waals surface area contributed by atoms with Gasteiger partial charge in [0.15, 0.2) is 6.29 Å². The van der Waals surface area contributed by atoms with E-state index in [1.54, 1.807) is 6.08 Å². The first-order chi connectivity index (χ1) is 33.8. The van der Waals surface area contributed by atoms with Gasteiger partial charge in [-0.05, 0) is 57.8 Å². The number of unbranched alkanes of at least 4 members (excludes halogenated alkanes) is 37. The molecule has 0 spiro atoms. The van der Waals surface area contributed by atoms with E-state index >= 15 is 0 Å². The third kappa shape index (κ3) is 39.6. The third-order valence-electron chi connectivity index (χ3n) is 14.2. The summed E-state index contributed by atoms with van der Waals surface area (Å²) in [6.07, 6.45) is 57.9. The third-order valence-corrected chi connectivity index (χ3v) is 14.2. The fraction of sp³-hybridized carbons (Fsp3) is 0.883. The number of aliphatic hydroxyl groups is 5. The first-order valence-electron chi connectivity index (χ1n) is 29.7. The van der Waals surface area contributed by atoms with E-state index in [0.717, 1.165) is 38.5 Å². The van der Waals surface area contributed by atoms with Gasteiger partial charge in [-0.25, -0.2) is 0 Å². The molecule has 1 amide bonds. The summed E-state index contributed by atoms with van der Waals surface area (Å²) < 4.78 is 11.3. The molecule has 406 valence electrons. The molecular formula is C60H113NO8. The predicted molar refractivity (Wildman–Crippen MR) is 290 cm³/mol. The maximum Gasteiger partial charge on any atom is 0.220 e. The zero-order valence-electron chi connectivity index (χ0n) is 45.1. The molecule has 0 bridgehead atoms. The van der Waals surface area contributed by atoms with Gasteiger partial charge in [0.1, 0.15) is 24.4 Å². The lowest BCUT2D eigenvalue weighted by Gasteiger charge is -2.40. The van der Waals surface area contributed by atoms with Crippen molar-refractivity contribution in [3.63, 3.8) is 0 Å². The second kappa shape index (κ2) is 50.0. The summed E-state index contributed by atoms with van der Waals surface area (Å²) in [5, 5.41) is 54.5. The van der Waals surface area contributed by atoms with Gasteiger partial charge in [-0.1, -0.05) is 256 Å². The van der Waals surface area contributed by atoms with Crippen molar-refractivity contribution in [3.05, 3.63) is 36.5 Å². The van der Waals surface area contributed by atoms with Crippen molar-refractivity contribution in [1.29, 1.82) is 0 Å². The summed E-state index contributed by atoms with van der Waals surface area (Å²) in [4.78, 5) is 13.1. The Bertz CT molecular complexity index is 1180. The summed E-state index contributed by atoms with van der Waals surface area (Å²) in [5.74, 6) is -0.185. The highest BCUT2D eigenvalue weighted by Gasteiger charge is 2.44. The van der Waals surface area contributed by atoms with Crippen LogP contribution in [0.5, 0.6) is 0 Å². The molecule has 1 aliphatic rings. The zero-order valence-corrected chi connectivity index (χ0v) is 45.1. The summed E-state index contributed by atoms with van der Waals surface area (Å²) >= 11 is 0. The second-order valence-electron chi connectivity index (χ2n) is 20.8. The van der Waals surface area contributed by atoms with Crippen LogP contribution in [0.15, 0.2) is 36.5 Å². The highest BCUT2D eigenvalue weighted by molar-refractivity contribution is 5.76. The molecule has 7 atom stereocenters. The number of hydrogen-bond acceptors (Lipinski definition) is 8. The molecule has 0 aromatic carbocycles. The predicted octanol–water partition coefficient (Wildman–Crippen LogP) is 14.7. The van der Waals surface area contributed by atoms with Gasteiger partial charge in [0.2, 0.25) is 5.91 Å². The molecule has 69 heavy (non-hydrogen) atoms. The van der Waals surface area contributed by atoms with Crippen LogP contribution in [0, 0.1) is 0 Å². The van der Waals surface area contributed by atoms with Crippen LogP contribution in [-0.4, -0.2) is 87.5 Å². The lowest BCUT2D eigenvalue weighted by molar-refractivity contribution is -0.302. The monoisotopic (exact) mass is 976 g/mol. The summed E-state index contributed by atoms with van der Waals surface area (Å²) in [6, 6.07) is -0.822. The summed E-state index contributed by atoms with van der Waals surface area (Å²) in [7, 11) is 0. The molecule has 1 rings (SSSR count). The van der Waals surface area contributed by atoms with Gasteiger partial charge in [-0.2, -0.15) is 0 Å². The Hall–Kier alpha value is -1.59. The van der Waals surface area contributed by atoms with E-state index in [2.05, 4.69) is 43.5 Å².